The fourth-order valence-electron chi connectivity index (χ4n) is 1.68. The summed E-state index contributed by atoms with van der Waals surface area (Å²) in [6.45, 7) is 2.21. The number of benzene rings is 1. The van der Waals surface area contributed by atoms with Crippen molar-refractivity contribution in [2.45, 2.75) is 19.3 Å². The molecule has 1 aromatic rings. The lowest BCUT2D eigenvalue weighted by Crippen LogP contribution is -2.25. The maximum Gasteiger partial charge on any atom is 0.251 e. The molecule has 5 heteroatoms. The molecule has 4 nitrogen and oxygen atoms in total. The van der Waals surface area contributed by atoms with Crippen LogP contribution in [0.3, 0.4) is 0 Å². The van der Waals surface area contributed by atoms with Gasteiger partial charge >= 0.3 is 0 Å². The second-order valence-corrected chi connectivity index (χ2v) is 5.72. The summed E-state index contributed by atoms with van der Waals surface area (Å²) in [6, 6.07) is 5.17. The van der Waals surface area contributed by atoms with Crippen molar-refractivity contribution in [3.05, 3.63) is 28.2 Å². The Hall–Kier alpha value is -1.07. The maximum absolute atomic E-state index is 11.8. The molecule has 1 fully saturated rings. The average Bonchev–Trinajstić information content (AvgIpc) is 3.20. The van der Waals surface area contributed by atoms with Crippen molar-refractivity contribution < 1.29 is 9.53 Å². The van der Waals surface area contributed by atoms with Crippen LogP contribution in [0.4, 0.5) is 5.69 Å². The SMILES string of the molecule is Nc1ccc(C(=O)NCCCOCC2CC2)cc1Br. The van der Waals surface area contributed by atoms with Crippen LogP contribution in [0, 0.1) is 5.92 Å². The molecule has 19 heavy (non-hydrogen) atoms. The van der Waals surface area contributed by atoms with Crippen LogP contribution in [0.2, 0.25) is 0 Å². The van der Waals surface area contributed by atoms with Gasteiger partial charge < -0.3 is 15.8 Å². The zero-order chi connectivity index (χ0) is 13.7. The van der Waals surface area contributed by atoms with Crippen LogP contribution in [0.15, 0.2) is 22.7 Å². The number of nitrogens with two attached hydrogens (primary N) is 1. The molecule has 1 saturated carbocycles. The lowest BCUT2D eigenvalue weighted by molar-refractivity contribution is 0.0937. The number of anilines is 1. The van der Waals surface area contributed by atoms with E-state index in [4.69, 9.17) is 10.5 Å². The normalized spacial score (nSPS) is 14.4. The first-order valence-corrected chi connectivity index (χ1v) is 7.37. The van der Waals surface area contributed by atoms with Gasteiger partial charge in [0.25, 0.3) is 5.91 Å². The molecular weight excluding hydrogens is 308 g/mol. The Balaban J connectivity index is 1.63. The molecule has 0 atom stereocenters. The van der Waals surface area contributed by atoms with E-state index in [0.717, 1.165) is 23.4 Å². The molecule has 0 spiro atoms. The highest BCUT2D eigenvalue weighted by Gasteiger charge is 2.20. The second kappa shape index (κ2) is 6.91. The van der Waals surface area contributed by atoms with Crippen molar-refractivity contribution in [3.63, 3.8) is 0 Å². The highest BCUT2D eigenvalue weighted by atomic mass is 79.9. The second-order valence-electron chi connectivity index (χ2n) is 4.86. The van der Waals surface area contributed by atoms with Gasteiger partial charge in [0, 0.05) is 35.5 Å². The highest BCUT2D eigenvalue weighted by molar-refractivity contribution is 9.10. The molecule has 1 aromatic carbocycles. The minimum atomic E-state index is -0.0807. The standard InChI is InChI=1S/C14H19BrN2O2/c15-12-8-11(4-5-13(12)16)14(18)17-6-1-7-19-9-10-2-3-10/h4-5,8,10H,1-3,6-7,9,16H2,(H,17,18). The summed E-state index contributed by atoms with van der Waals surface area (Å²) >= 11 is 3.31. The van der Waals surface area contributed by atoms with Gasteiger partial charge in [-0.05, 0) is 59.3 Å². The van der Waals surface area contributed by atoms with Gasteiger partial charge in [-0.3, -0.25) is 4.79 Å². The number of nitrogen functional groups attached to an aromatic ring is 1. The van der Waals surface area contributed by atoms with Gasteiger partial charge in [0.15, 0.2) is 0 Å². The number of halogens is 1. The van der Waals surface area contributed by atoms with E-state index in [1.54, 1.807) is 18.2 Å². The molecule has 0 saturated heterocycles. The monoisotopic (exact) mass is 326 g/mol. The van der Waals surface area contributed by atoms with Gasteiger partial charge in [0.05, 0.1) is 0 Å². The summed E-state index contributed by atoms with van der Waals surface area (Å²) in [5, 5.41) is 2.87. The fraction of sp³-hybridized carbons (Fsp3) is 0.500. The summed E-state index contributed by atoms with van der Waals surface area (Å²) < 4.78 is 6.25. The number of hydrogen-bond acceptors (Lipinski definition) is 3. The van der Waals surface area contributed by atoms with Crippen LogP contribution in [-0.2, 0) is 4.74 Å². The van der Waals surface area contributed by atoms with Crippen molar-refractivity contribution in [1.82, 2.24) is 5.32 Å². The molecule has 0 radical (unpaired) electrons. The van der Waals surface area contributed by atoms with E-state index in [-0.39, 0.29) is 5.91 Å². The molecule has 104 valence electrons. The summed E-state index contributed by atoms with van der Waals surface area (Å²) in [5.74, 6) is 0.713. The fourth-order valence-corrected chi connectivity index (χ4v) is 2.06. The topological polar surface area (TPSA) is 64.4 Å². The van der Waals surface area contributed by atoms with Gasteiger partial charge in [-0.1, -0.05) is 0 Å². The van der Waals surface area contributed by atoms with Crippen LogP contribution in [-0.4, -0.2) is 25.7 Å². The number of ether oxygens (including phenoxy) is 1. The zero-order valence-electron chi connectivity index (χ0n) is 10.8. The van der Waals surface area contributed by atoms with Crippen LogP contribution < -0.4 is 11.1 Å². The average molecular weight is 327 g/mol. The summed E-state index contributed by atoms with van der Waals surface area (Å²) in [6.07, 6.45) is 3.46. The molecule has 0 unspecified atom stereocenters. The molecule has 0 bridgehead atoms. The predicted octanol–water partition coefficient (Wildman–Crippen LogP) is 2.58. The molecule has 0 aromatic heterocycles. The Morgan fingerprint density at radius 3 is 2.95 bits per heavy atom. The summed E-state index contributed by atoms with van der Waals surface area (Å²) in [4.78, 5) is 11.8. The van der Waals surface area contributed by atoms with Crippen LogP contribution in [0.1, 0.15) is 29.6 Å². The van der Waals surface area contributed by atoms with E-state index < -0.39 is 0 Å². The Kier molecular flexibility index (Phi) is 5.22. The van der Waals surface area contributed by atoms with E-state index >= 15 is 0 Å². The molecule has 1 amide bonds. The molecule has 1 aliphatic rings. The van der Waals surface area contributed by atoms with E-state index in [1.165, 1.54) is 12.8 Å². The lowest BCUT2D eigenvalue weighted by atomic mass is 10.2. The molecular formula is C14H19BrN2O2. The van der Waals surface area contributed by atoms with Crippen LogP contribution in [0.25, 0.3) is 0 Å². The first kappa shape index (κ1) is 14.3. The molecule has 3 N–H and O–H groups in total. The Labute approximate surface area is 121 Å². The lowest BCUT2D eigenvalue weighted by Gasteiger charge is -2.07. The van der Waals surface area contributed by atoms with Gasteiger partial charge in [0.1, 0.15) is 0 Å². The third-order valence-corrected chi connectivity index (χ3v) is 3.75. The number of amides is 1. The minimum Gasteiger partial charge on any atom is -0.398 e. The first-order chi connectivity index (χ1) is 9.16. The smallest absolute Gasteiger partial charge is 0.251 e. The largest absolute Gasteiger partial charge is 0.398 e. The number of hydrogen-bond donors (Lipinski definition) is 2. The van der Waals surface area contributed by atoms with Crippen molar-refractivity contribution in [1.29, 1.82) is 0 Å². The van der Waals surface area contributed by atoms with Gasteiger partial charge in [-0.15, -0.1) is 0 Å². The molecule has 1 aliphatic carbocycles. The van der Waals surface area contributed by atoms with Gasteiger partial charge in [-0.2, -0.15) is 0 Å². The maximum atomic E-state index is 11.8. The number of rotatable bonds is 7. The van der Waals surface area contributed by atoms with Gasteiger partial charge in [-0.25, -0.2) is 0 Å². The number of nitrogens with one attached hydrogen (secondary N) is 1. The van der Waals surface area contributed by atoms with Crippen molar-refractivity contribution in [2.24, 2.45) is 5.92 Å². The third kappa shape index (κ3) is 4.84. The molecule has 0 heterocycles. The molecule has 0 aliphatic heterocycles. The first-order valence-electron chi connectivity index (χ1n) is 6.58. The summed E-state index contributed by atoms with van der Waals surface area (Å²) in [5.41, 5.74) is 6.92. The summed E-state index contributed by atoms with van der Waals surface area (Å²) in [7, 11) is 0. The number of carbonyl (C=O) groups is 1. The van der Waals surface area contributed by atoms with Crippen molar-refractivity contribution >= 4 is 27.5 Å². The van der Waals surface area contributed by atoms with E-state index in [1.807, 2.05) is 0 Å². The Morgan fingerprint density at radius 2 is 2.26 bits per heavy atom. The van der Waals surface area contributed by atoms with E-state index in [9.17, 15) is 4.79 Å². The molecule has 2 rings (SSSR count). The van der Waals surface area contributed by atoms with E-state index in [0.29, 0.717) is 24.4 Å². The van der Waals surface area contributed by atoms with Crippen molar-refractivity contribution in [3.8, 4) is 0 Å². The Bertz CT molecular complexity index is 447. The van der Waals surface area contributed by atoms with Crippen LogP contribution >= 0.6 is 15.9 Å². The quantitative estimate of drug-likeness (QED) is 0.598. The third-order valence-electron chi connectivity index (χ3n) is 3.06. The zero-order valence-corrected chi connectivity index (χ0v) is 12.4. The van der Waals surface area contributed by atoms with Gasteiger partial charge in [0.2, 0.25) is 0 Å². The van der Waals surface area contributed by atoms with Crippen LogP contribution in [0.5, 0.6) is 0 Å². The highest BCUT2D eigenvalue weighted by Crippen LogP contribution is 2.28. The number of carbonyl (C=O) groups excluding carboxylic acids is 1. The van der Waals surface area contributed by atoms with E-state index in [2.05, 4.69) is 21.2 Å². The minimum absolute atomic E-state index is 0.0807. The van der Waals surface area contributed by atoms with Crippen molar-refractivity contribution in [2.75, 3.05) is 25.5 Å². The predicted molar refractivity (Wildman–Crippen MR) is 79.0 cm³/mol. The Morgan fingerprint density at radius 1 is 1.47 bits per heavy atom.